The first-order valence-electron chi connectivity index (χ1n) is 8.72. The molecule has 1 saturated heterocycles. The molecule has 0 atom stereocenters. The van der Waals surface area contributed by atoms with Crippen LogP contribution in [-0.2, 0) is 11.2 Å². The second-order valence-electron chi connectivity index (χ2n) is 6.50. The van der Waals surface area contributed by atoms with Crippen molar-refractivity contribution in [2.75, 3.05) is 26.2 Å². The van der Waals surface area contributed by atoms with E-state index in [9.17, 15) is 14.0 Å². The molecule has 0 radical (unpaired) electrons. The number of aromatic nitrogens is 3. The van der Waals surface area contributed by atoms with Gasteiger partial charge in [-0.3, -0.25) is 9.59 Å². The van der Waals surface area contributed by atoms with Gasteiger partial charge in [0.2, 0.25) is 5.91 Å². The number of carbonyl (C=O) groups is 2. The Labute approximate surface area is 154 Å². The Morgan fingerprint density at radius 3 is 2.33 bits per heavy atom. The molecule has 8 heteroatoms. The van der Waals surface area contributed by atoms with Gasteiger partial charge in [-0.15, -0.1) is 0 Å². The van der Waals surface area contributed by atoms with Gasteiger partial charge in [-0.2, -0.15) is 15.4 Å². The van der Waals surface area contributed by atoms with Crippen molar-refractivity contribution in [3.8, 4) is 0 Å². The number of nitrogens with zero attached hydrogens (tertiary/aromatic N) is 4. The predicted molar refractivity (Wildman–Crippen MR) is 96.5 cm³/mol. The molecule has 2 aromatic carbocycles. The highest BCUT2D eigenvalue weighted by molar-refractivity contribution is 5.97. The summed E-state index contributed by atoms with van der Waals surface area (Å²) in [5.74, 6) is -0.412. The number of benzene rings is 2. The summed E-state index contributed by atoms with van der Waals surface area (Å²) < 4.78 is 13.0. The van der Waals surface area contributed by atoms with E-state index >= 15 is 0 Å². The molecular formula is C19H18FN5O2. The maximum atomic E-state index is 13.0. The predicted octanol–water partition coefficient (Wildman–Crippen LogP) is 1.62. The zero-order valence-corrected chi connectivity index (χ0v) is 14.6. The highest BCUT2D eigenvalue weighted by Crippen LogP contribution is 2.15. The number of hydrogen-bond acceptors (Lipinski definition) is 4. The normalized spacial score (nSPS) is 14.6. The van der Waals surface area contributed by atoms with E-state index in [-0.39, 0.29) is 24.1 Å². The van der Waals surface area contributed by atoms with Crippen molar-refractivity contribution < 1.29 is 14.0 Å². The molecule has 138 valence electrons. The van der Waals surface area contributed by atoms with Gasteiger partial charge in [0.05, 0.1) is 6.42 Å². The maximum Gasteiger partial charge on any atom is 0.254 e. The van der Waals surface area contributed by atoms with E-state index < -0.39 is 0 Å². The van der Waals surface area contributed by atoms with E-state index in [2.05, 4.69) is 15.4 Å². The smallest absolute Gasteiger partial charge is 0.254 e. The van der Waals surface area contributed by atoms with Gasteiger partial charge in [-0.1, -0.05) is 12.1 Å². The standard InChI is InChI=1S/C19H18FN5O2/c20-15-4-1-13(2-5-15)11-18(26)24-7-9-25(10-8-24)19(27)14-3-6-16-17(12-14)22-23-21-16/h1-6,12H,7-11H2,(H,21,22,23). The molecule has 0 aliphatic carbocycles. The van der Waals surface area contributed by atoms with Crippen molar-refractivity contribution in [2.24, 2.45) is 0 Å². The van der Waals surface area contributed by atoms with Gasteiger partial charge in [0, 0.05) is 31.7 Å². The Morgan fingerprint density at radius 1 is 0.926 bits per heavy atom. The number of aromatic amines is 1. The minimum Gasteiger partial charge on any atom is -0.339 e. The highest BCUT2D eigenvalue weighted by Gasteiger charge is 2.25. The van der Waals surface area contributed by atoms with Crippen molar-refractivity contribution >= 4 is 22.8 Å². The average molecular weight is 367 g/mol. The second kappa shape index (κ2) is 7.14. The highest BCUT2D eigenvalue weighted by atomic mass is 19.1. The molecule has 0 unspecified atom stereocenters. The molecule has 1 aliphatic heterocycles. The van der Waals surface area contributed by atoms with Crippen LogP contribution in [0.4, 0.5) is 4.39 Å². The number of piperazine rings is 1. The molecule has 7 nitrogen and oxygen atoms in total. The third-order valence-corrected chi connectivity index (χ3v) is 4.75. The number of fused-ring (bicyclic) bond motifs is 1. The van der Waals surface area contributed by atoms with Crippen LogP contribution in [0.5, 0.6) is 0 Å². The summed E-state index contributed by atoms with van der Waals surface area (Å²) in [6, 6.07) is 11.1. The van der Waals surface area contributed by atoms with Crippen molar-refractivity contribution in [3.63, 3.8) is 0 Å². The Balaban J connectivity index is 1.35. The quantitative estimate of drug-likeness (QED) is 0.763. The first-order valence-corrected chi connectivity index (χ1v) is 8.72. The Bertz CT molecular complexity index is 977. The van der Waals surface area contributed by atoms with E-state index in [1.807, 2.05) is 0 Å². The molecule has 0 bridgehead atoms. The van der Waals surface area contributed by atoms with Crippen LogP contribution in [-0.4, -0.2) is 63.2 Å². The first kappa shape index (κ1) is 17.1. The second-order valence-corrected chi connectivity index (χ2v) is 6.50. The topological polar surface area (TPSA) is 82.2 Å². The van der Waals surface area contributed by atoms with Gasteiger partial charge in [0.25, 0.3) is 5.91 Å². The lowest BCUT2D eigenvalue weighted by Gasteiger charge is -2.35. The Morgan fingerprint density at radius 2 is 1.59 bits per heavy atom. The third kappa shape index (κ3) is 3.64. The monoisotopic (exact) mass is 367 g/mol. The van der Waals surface area contributed by atoms with Gasteiger partial charge in [0.1, 0.15) is 16.9 Å². The molecule has 1 fully saturated rings. The fraction of sp³-hybridized carbons (Fsp3) is 0.263. The lowest BCUT2D eigenvalue weighted by molar-refractivity contribution is -0.131. The molecule has 2 amide bonds. The first-order chi connectivity index (χ1) is 13.1. The lowest BCUT2D eigenvalue weighted by Crippen LogP contribution is -2.51. The zero-order valence-electron chi connectivity index (χ0n) is 14.6. The maximum absolute atomic E-state index is 13.0. The van der Waals surface area contributed by atoms with Crippen LogP contribution < -0.4 is 0 Å². The summed E-state index contributed by atoms with van der Waals surface area (Å²) in [7, 11) is 0. The van der Waals surface area contributed by atoms with Crippen LogP contribution in [0.15, 0.2) is 42.5 Å². The van der Waals surface area contributed by atoms with E-state index in [4.69, 9.17) is 0 Å². The summed E-state index contributed by atoms with van der Waals surface area (Å²) in [5, 5.41) is 10.5. The number of rotatable bonds is 3. The largest absolute Gasteiger partial charge is 0.339 e. The van der Waals surface area contributed by atoms with Crippen LogP contribution in [0.25, 0.3) is 11.0 Å². The van der Waals surface area contributed by atoms with Crippen molar-refractivity contribution in [3.05, 3.63) is 59.4 Å². The minimum atomic E-state index is -0.317. The molecular weight excluding hydrogens is 349 g/mol. The molecule has 27 heavy (non-hydrogen) atoms. The van der Waals surface area contributed by atoms with Crippen molar-refractivity contribution in [1.82, 2.24) is 25.2 Å². The van der Waals surface area contributed by atoms with Crippen LogP contribution in [0.3, 0.4) is 0 Å². The van der Waals surface area contributed by atoms with Gasteiger partial charge < -0.3 is 9.80 Å². The molecule has 4 rings (SSSR count). The fourth-order valence-corrected chi connectivity index (χ4v) is 3.20. The number of carbonyl (C=O) groups excluding carboxylic acids is 2. The molecule has 0 spiro atoms. The minimum absolute atomic E-state index is 0.0160. The van der Waals surface area contributed by atoms with Crippen LogP contribution in [0.1, 0.15) is 15.9 Å². The Hall–Kier alpha value is -3.29. The van der Waals surface area contributed by atoms with Crippen molar-refractivity contribution in [1.29, 1.82) is 0 Å². The number of halogens is 1. The molecule has 2 heterocycles. The fourth-order valence-electron chi connectivity index (χ4n) is 3.20. The molecule has 1 aliphatic rings. The van der Waals surface area contributed by atoms with E-state index in [0.717, 1.165) is 5.56 Å². The average Bonchev–Trinajstić information content (AvgIpc) is 3.17. The van der Waals surface area contributed by atoms with Crippen LogP contribution in [0, 0.1) is 5.82 Å². The SMILES string of the molecule is O=C(Cc1ccc(F)cc1)N1CCN(C(=O)c2ccc3n[nH]nc3c2)CC1. The van der Waals surface area contributed by atoms with E-state index in [1.54, 1.807) is 40.1 Å². The molecule has 3 aromatic rings. The van der Waals surface area contributed by atoms with E-state index in [1.165, 1.54) is 12.1 Å². The Kier molecular flexibility index (Phi) is 4.53. The summed E-state index contributed by atoms with van der Waals surface area (Å²) >= 11 is 0. The summed E-state index contributed by atoms with van der Waals surface area (Å²) in [6.45, 7) is 1.92. The molecule has 1 aromatic heterocycles. The summed E-state index contributed by atoms with van der Waals surface area (Å²) in [5.41, 5.74) is 2.69. The number of hydrogen-bond donors (Lipinski definition) is 1. The number of amides is 2. The van der Waals surface area contributed by atoms with Crippen LogP contribution >= 0.6 is 0 Å². The summed E-state index contributed by atoms with van der Waals surface area (Å²) in [6.07, 6.45) is 0.233. The third-order valence-electron chi connectivity index (χ3n) is 4.75. The van der Waals surface area contributed by atoms with Crippen molar-refractivity contribution in [2.45, 2.75) is 6.42 Å². The summed E-state index contributed by atoms with van der Waals surface area (Å²) in [4.78, 5) is 28.6. The molecule has 0 saturated carbocycles. The zero-order chi connectivity index (χ0) is 18.8. The lowest BCUT2D eigenvalue weighted by atomic mass is 10.1. The van der Waals surface area contributed by atoms with Gasteiger partial charge in [-0.05, 0) is 35.9 Å². The van der Waals surface area contributed by atoms with Gasteiger partial charge >= 0.3 is 0 Å². The van der Waals surface area contributed by atoms with E-state index in [0.29, 0.717) is 42.8 Å². The van der Waals surface area contributed by atoms with Gasteiger partial charge in [-0.25, -0.2) is 4.39 Å². The number of nitrogens with one attached hydrogen (secondary N) is 1. The number of H-pyrrole nitrogens is 1. The van der Waals surface area contributed by atoms with Crippen LogP contribution in [0.2, 0.25) is 0 Å². The molecule has 1 N–H and O–H groups in total. The van der Waals surface area contributed by atoms with Gasteiger partial charge in [0.15, 0.2) is 0 Å².